The van der Waals surface area contributed by atoms with E-state index in [2.05, 4.69) is 0 Å². The molecule has 0 amide bonds. The van der Waals surface area contributed by atoms with E-state index in [1.54, 1.807) is 12.1 Å². The molecule has 0 saturated carbocycles. The molecule has 0 spiro atoms. The van der Waals surface area contributed by atoms with E-state index in [4.69, 9.17) is 9.15 Å². The normalized spacial score (nSPS) is 20.8. The second-order valence-electron chi connectivity index (χ2n) is 3.49. The SMILES string of the molecule is CC(=O)C1=C(O)CC(c2ccco2)OC1=O. The lowest BCUT2D eigenvalue weighted by Crippen LogP contribution is -2.24. The van der Waals surface area contributed by atoms with Crippen LogP contribution in [-0.2, 0) is 14.3 Å². The van der Waals surface area contributed by atoms with Gasteiger partial charge in [0.25, 0.3) is 0 Å². The van der Waals surface area contributed by atoms with Crippen LogP contribution in [0.1, 0.15) is 25.2 Å². The summed E-state index contributed by atoms with van der Waals surface area (Å²) in [5.74, 6) is -1.11. The lowest BCUT2D eigenvalue weighted by Gasteiger charge is -2.21. The number of aliphatic hydroxyl groups is 1. The number of carbonyl (C=O) groups excluding carboxylic acids is 2. The van der Waals surface area contributed by atoms with Crippen molar-refractivity contribution < 1.29 is 23.8 Å². The second-order valence-corrected chi connectivity index (χ2v) is 3.49. The highest BCUT2D eigenvalue weighted by atomic mass is 16.6. The maximum absolute atomic E-state index is 11.4. The van der Waals surface area contributed by atoms with E-state index >= 15 is 0 Å². The van der Waals surface area contributed by atoms with Gasteiger partial charge >= 0.3 is 5.97 Å². The van der Waals surface area contributed by atoms with Crippen molar-refractivity contribution in [2.45, 2.75) is 19.4 Å². The predicted molar refractivity (Wildman–Crippen MR) is 52.5 cm³/mol. The first-order valence-electron chi connectivity index (χ1n) is 4.77. The summed E-state index contributed by atoms with van der Waals surface area (Å²) in [5.41, 5.74) is -0.275. The fraction of sp³-hybridized carbons (Fsp3) is 0.273. The molecule has 0 aliphatic carbocycles. The van der Waals surface area contributed by atoms with Gasteiger partial charge in [-0.25, -0.2) is 4.79 Å². The standard InChI is InChI=1S/C11H10O5/c1-6(12)10-7(13)5-9(16-11(10)14)8-3-2-4-15-8/h2-4,9,13H,5H2,1H3. The molecule has 16 heavy (non-hydrogen) atoms. The zero-order valence-corrected chi connectivity index (χ0v) is 8.60. The molecule has 1 aliphatic rings. The summed E-state index contributed by atoms with van der Waals surface area (Å²) in [4.78, 5) is 22.5. The molecular formula is C11H10O5. The van der Waals surface area contributed by atoms with E-state index in [1.807, 2.05) is 0 Å². The van der Waals surface area contributed by atoms with E-state index in [1.165, 1.54) is 13.2 Å². The molecule has 1 aromatic heterocycles. The third-order valence-corrected chi connectivity index (χ3v) is 2.33. The summed E-state index contributed by atoms with van der Waals surface area (Å²) in [7, 11) is 0. The summed E-state index contributed by atoms with van der Waals surface area (Å²) in [5, 5.41) is 9.60. The Balaban J connectivity index is 2.29. The number of cyclic esters (lactones) is 1. The van der Waals surface area contributed by atoms with Crippen molar-refractivity contribution >= 4 is 11.8 Å². The molecule has 0 aromatic carbocycles. The molecule has 5 nitrogen and oxygen atoms in total. The van der Waals surface area contributed by atoms with Gasteiger partial charge in [-0.05, 0) is 19.1 Å². The minimum Gasteiger partial charge on any atom is -0.511 e. The zero-order chi connectivity index (χ0) is 11.7. The minimum absolute atomic E-state index is 0.0637. The molecule has 5 heteroatoms. The van der Waals surface area contributed by atoms with Crippen molar-refractivity contribution in [1.82, 2.24) is 0 Å². The van der Waals surface area contributed by atoms with E-state index in [9.17, 15) is 14.7 Å². The van der Waals surface area contributed by atoms with Crippen molar-refractivity contribution in [1.29, 1.82) is 0 Å². The fourth-order valence-electron chi connectivity index (χ4n) is 1.61. The molecule has 0 bridgehead atoms. The van der Waals surface area contributed by atoms with Crippen molar-refractivity contribution in [2.24, 2.45) is 0 Å². The van der Waals surface area contributed by atoms with Crippen LogP contribution < -0.4 is 0 Å². The molecule has 1 atom stereocenters. The number of ketones is 1. The van der Waals surface area contributed by atoms with Crippen LogP contribution >= 0.6 is 0 Å². The highest BCUT2D eigenvalue weighted by Gasteiger charge is 2.33. The van der Waals surface area contributed by atoms with Crippen LogP contribution in [0.5, 0.6) is 0 Å². The van der Waals surface area contributed by atoms with Crippen LogP contribution in [0.25, 0.3) is 0 Å². The molecule has 2 rings (SSSR count). The molecule has 1 aliphatic heterocycles. The Hall–Kier alpha value is -2.04. The Morgan fingerprint density at radius 3 is 2.81 bits per heavy atom. The number of Topliss-reactive ketones (excluding diaryl/α,β-unsaturated/α-hetero) is 1. The maximum atomic E-state index is 11.4. The van der Waals surface area contributed by atoms with Gasteiger partial charge < -0.3 is 14.3 Å². The molecule has 1 aromatic rings. The highest BCUT2D eigenvalue weighted by molar-refractivity contribution is 6.17. The van der Waals surface area contributed by atoms with Crippen LogP contribution in [0.4, 0.5) is 0 Å². The molecule has 1 N–H and O–H groups in total. The molecular weight excluding hydrogens is 212 g/mol. The van der Waals surface area contributed by atoms with Gasteiger partial charge in [0.1, 0.15) is 17.1 Å². The molecule has 84 valence electrons. The highest BCUT2D eigenvalue weighted by Crippen LogP contribution is 2.31. The van der Waals surface area contributed by atoms with Crippen molar-refractivity contribution in [3.8, 4) is 0 Å². The van der Waals surface area contributed by atoms with E-state index in [0.717, 1.165) is 0 Å². The summed E-state index contributed by atoms with van der Waals surface area (Å²) < 4.78 is 10.1. The van der Waals surface area contributed by atoms with Gasteiger partial charge in [-0.15, -0.1) is 0 Å². The number of ether oxygens (including phenoxy) is 1. The van der Waals surface area contributed by atoms with Gasteiger partial charge in [0.05, 0.1) is 12.7 Å². The Labute approximate surface area is 91.3 Å². The van der Waals surface area contributed by atoms with Crippen molar-refractivity contribution in [3.63, 3.8) is 0 Å². The van der Waals surface area contributed by atoms with Crippen LogP contribution in [0.3, 0.4) is 0 Å². The first-order valence-corrected chi connectivity index (χ1v) is 4.77. The third-order valence-electron chi connectivity index (χ3n) is 2.33. The van der Waals surface area contributed by atoms with Gasteiger partial charge in [0.15, 0.2) is 11.9 Å². The number of esters is 1. The van der Waals surface area contributed by atoms with Crippen LogP contribution in [-0.4, -0.2) is 16.9 Å². The summed E-state index contributed by atoms with van der Waals surface area (Å²) in [6, 6.07) is 3.30. The summed E-state index contributed by atoms with van der Waals surface area (Å²) in [6.07, 6.45) is 0.851. The topological polar surface area (TPSA) is 76.7 Å². The summed E-state index contributed by atoms with van der Waals surface area (Å²) in [6.45, 7) is 1.21. The first kappa shape index (κ1) is 10.5. The Morgan fingerprint density at radius 1 is 1.56 bits per heavy atom. The molecule has 0 fully saturated rings. The van der Waals surface area contributed by atoms with E-state index in [0.29, 0.717) is 5.76 Å². The largest absolute Gasteiger partial charge is 0.511 e. The predicted octanol–water partition coefficient (Wildman–Crippen LogP) is 1.67. The average Bonchev–Trinajstić information content (AvgIpc) is 2.67. The number of carbonyl (C=O) groups is 2. The van der Waals surface area contributed by atoms with Gasteiger partial charge in [-0.3, -0.25) is 4.79 Å². The van der Waals surface area contributed by atoms with Crippen LogP contribution in [0.2, 0.25) is 0 Å². The smallest absolute Gasteiger partial charge is 0.345 e. The van der Waals surface area contributed by atoms with E-state index < -0.39 is 17.9 Å². The summed E-state index contributed by atoms with van der Waals surface area (Å²) >= 11 is 0. The lowest BCUT2D eigenvalue weighted by molar-refractivity contribution is -0.149. The molecule has 0 radical (unpaired) electrons. The van der Waals surface area contributed by atoms with Crippen LogP contribution in [0, 0.1) is 0 Å². The average molecular weight is 222 g/mol. The maximum Gasteiger partial charge on any atom is 0.345 e. The number of rotatable bonds is 2. The van der Waals surface area contributed by atoms with Crippen molar-refractivity contribution in [3.05, 3.63) is 35.5 Å². The molecule has 0 saturated heterocycles. The monoisotopic (exact) mass is 222 g/mol. The number of furan rings is 1. The second kappa shape index (κ2) is 3.84. The first-order chi connectivity index (χ1) is 7.59. The Bertz CT molecular complexity index is 455. The van der Waals surface area contributed by atoms with Crippen LogP contribution in [0.15, 0.2) is 34.1 Å². The minimum atomic E-state index is -0.808. The zero-order valence-electron chi connectivity index (χ0n) is 8.60. The van der Waals surface area contributed by atoms with Gasteiger partial charge in [-0.1, -0.05) is 0 Å². The third kappa shape index (κ3) is 1.71. The van der Waals surface area contributed by atoms with Gasteiger partial charge in [0.2, 0.25) is 0 Å². The fourth-order valence-corrected chi connectivity index (χ4v) is 1.61. The van der Waals surface area contributed by atoms with Crippen molar-refractivity contribution in [2.75, 3.05) is 0 Å². The quantitative estimate of drug-likeness (QED) is 0.608. The van der Waals surface area contributed by atoms with Gasteiger partial charge in [0, 0.05) is 0 Å². The molecule has 2 heterocycles. The number of hydrogen-bond donors (Lipinski definition) is 1. The molecule has 1 unspecified atom stereocenters. The number of hydrogen-bond acceptors (Lipinski definition) is 5. The lowest BCUT2D eigenvalue weighted by atomic mass is 10.0. The Kier molecular flexibility index (Phi) is 2.52. The van der Waals surface area contributed by atoms with Gasteiger partial charge in [-0.2, -0.15) is 0 Å². The number of aliphatic hydroxyl groups excluding tert-OH is 1. The van der Waals surface area contributed by atoms with E-state index in [-0.39, 0.29) is 17.8 Å². The Morgan fingerprint density at radius 2 is 2.31 bits per heavy atom.